The number of nitrogens with zero attached hydrogens (tertiary/aromatic N) is 6. The fourth-order valence-electron chi connectivity index (χ4n) is 7.29. The number of sulfonamides is 1. The SMILES string of the molecule is C[C@H]1CCCC(F)(F)c2c1c(N(C)C)nn2CC(=O)N[C@@H](Cc1cc(F)cc(F)c1)c1nc(C#CC(C)(C)O)ccc1-c1ccc(Cl)c2c(NS(C)(=O)=O)nn(C)c12. The quantitative estimate of drug-likeness (QED) is 0.0791. The first kappa shape index (κ1) is 42.4. The average Bonchev–Trinajstić information content (AvgIpc) is 3.60. The van der Waals surface area contributed by atoms with Gasteiger partial charge in [-0.05, 0) is 80.8 Å². The minimum atomic E-state index is -3.80. The van der Waals surface area contributed by atoms with Gasteiger partial charge in [-0.25, -0.2) is 22.2 Å². The number of halogens is 5. The Hall–Kier alpha value is -5.18. The number of carbonyl (C=O) groups excluding carboxylic acids is 1. The van der Waals surface area contributed by atoms with Crippen LogP contribution in [0.4, 0.5) is 29.2 Å². The largest absolute Gasteiger partial charge is 0.378 e. The van der Waals surface area contributed by atoms with Crippen LogP contribution in [-0.2, 0) is 40.8 Å². The number of hydrogen-bond acceptors (Lipinski definition) is 8. The predicted molar refractivity (Wildman–Crippen MR) is 214 cm³/mol. The van der Waals surface area contributed by atoms with E-state index in [4.69, 9.17) is 16.6 Å². The molecule has 3 N–H and O–H groups in total. The van der Waals surface area contributed by atoms with Crippen molar-refractivity contribution < 1.29 is 35.9 Å². The summed E-state index contributed by atoms with van der Waals surface area (Å²) in [5, 5.41) is 22.5. The first-order valence-corrected chi connectivity index (χ1v) is 20.6. The van der Waals surface area contributed by atoms with Crippen molar-refractivity contribution in [2.45, 2.75) is 76.5 Å². The first-order valence-electron chi connectivity index (χ1n) is 18.3. The van der Waals surface area contributed by atoms with Gasteiger partial charge in [0.2, 0.25) is 15.9 Å². The highest BCUT2D eigenvalue weighted by molar-refractivity contribution is 7.92. The number of aromatic nitrogens is 5. The van der Waals surface area contributed by atoms with Crippen LogP contribution in [0.15, 0.2) is 42.5 Å². The molecule has 0 aliphatic heterocycles. The highest BCUT2D eigenvalue weighted by atomic mass is 35.5. The fourth-order valence-corrected chi connectivity index (χ4v) is 8.03. The van der Waals surface area contributed by atoms with Gasteiger partial charge in [0, 0.05) is 50.3 Å². The number of alkyl halides is 2. The second kappa shape index (κ2) is 15.9. The van der Waals surface area contributed by atoms with E-state index in [0.29, 0.717) is 40.5 Å². The van der Waals surface area contributed by atoms with Crippen molar-refractivity contribution in [3.8, 4) is 23.0 Å². The number of rotatable bonds is 10. The maximum absolute atomic E-state index is 15.9. The molecule has 18 heteroatoms. The second-order valence-corrected chi connectivity index (χ2v) is 17.5. The molecule has 0 radical (unpaired) electrons. The van der Waals surface area contributed by atoms with Crippen LogP contribution in [0.3, 0.4) is 0 Å². The molecule has 0 unspecified atom stereocenters. The van der Waals surface area contributed by atoms with Gasteiger partial charge in [-0.2, -0.15) is 19.0 Å². The van der Waals surface area contributed by atoms with E-state index in [1.807, 2.05) is 6.92 Å². The molecule has 1 amide bonds. The van der Waals surface area contributed by atoms with Crippen LogP contribution in [0, 0.1) is 23.5 Å². The molecule has 0 saturated heterocycles. The van der Waals surface area contributed by atoms with Gasteiger partial charge in [-0.3, -0.25) is 18.9 Å². The van der Waals surface area contributed by atoms with Gasteiger partial charge in [-0.1, -0.05) is 30.5 Å². The van der Waals surface area contributed by atoms with Gasteiger partial charge in [-0.15, -0.1) is 0 Å². The minimum absolute atomic E-state index is 0.0457. The summed E-state index contributed by atoms with van der Waals surface area (Å²) >= 11 is 6.63. The molecule has 0 bridgehead atoms. The van der Waals surface area contributed by atoms with E-state index in [1.165, 1.54) is 24.6 Å². The average molecular weight is 843 g/mol. The lowest BCUT2D eigenvalue weighted by Crippen LogP contribution is -2.35. The van der Waals surface area contributed by atoms with Crippen LogP contribution >= 0.6 is 11.6 Å². The zero-order chi connectivity index (χ0) is 42.5. The van der Waals surface area contributed by atoms with E-state index < -0.39 is 58.1 Å². The minimum Gasteiger partial charge on any atom is -0.378 e. The summed E-state index contributed by atoms with van der Waals surface area (Å²) in [7, 11) is 1.16. The second-order valence-electron chi connectivity index (χ2n) is 15.3. The van der Waals surface area contributed by atoms with E-state index >= 15 is 8.78 Å². The monoisotopic (exact) mass is 842 g/mol. The van der Waals surface area contributed by atoms with Crippen molar-refractivity contribution in [2.24, 2.45) is 7.05 Å². The molecule has 0 saturated carbocycles. The van der Waals surface area contributed by atoms with Crippen LogP contribution in [0.25, 0.3) is 22.0 Å². The molecule has 1 aliphatic carbocycles. The van der Waals surface area contributed by atoms with Gasteiger partial charge in [0.05, 0.1) is 33.9 Å². The number of aliphatic hydroxyl groups is 1. The van der Waals surface area contributed by atoms with Crippen molar-refractivity contribution in [1.82, 2.24) is 29.9 Å². The summed E-state index contributed by atoms with van der Waals surface area (Å²) in [5.41, 5.74) is 0.167. The van der Waals surface area contributed by atoms with Crippen molar-refractivity contribution in [3.05, 3.63) is 87.3 Å². The number of pyridine rings is 1. The van der Waals surface area contributed by atoms with Crippen LogP contribution in [0.5, 0.6) is 0 Å². The van der Waals surface area contributed by atoms with Gasteiger partial charge in [0.25, 0.3) is 5.92 Å². The molecular formula is C40H43ClF4N8O4S. The number of carbonyl (C=O) groups is 1. The lowest BCUT2D eigenvalue weighted by atomic mass is 9.93. The summed E-state index contributed by atoms with van der Waals surface area (Å²) in [6.07, 6.45) is 1.09. The van der Waals surface area contributed by atoms with E-state index in [1.54, 1.807) is 44.2 Å². The number of hydrogen-bond donors (Lipinski definition) is 3. The highest BCUT2D eigenvalue weighted by Gasteiger charge is 2.43. The van der Waals surface area contributed by atoms with Gasteiger partial charge in [0.1, 0.15) is 35.2 Å². The number of amides is 1. The lowest BCUT2D eigenvalue weighted by Gasteiger charge is -2.23. The lowest BCUT2D eigenvalue weighted by molar-refractivity contribution is -0.122. The van der Waals surface area contributed by atoms with Gasteiger partial charge >= 0.3 is 0 Å². The number of aryl methyl sites for hydroxylation is 1. The number of nitrogens with one attached hydrogen (secondary N) is 2. The van der Waals surface area contributed by atoms with Gasteiger partial charge in [0.15, 0.2) is 11.6 Å². The molecule has 3 heterocycles. The van der Waals surface area contributed by atoms with Crippen molar-refractivity contribution in [2.75, 3.05) is 30.0 Å². The molecule has 5 aromatic rings. The summed E-state index contributed by atoms with van der Waals surface area (Å²) in [6.45, 7) is 4.18. The van der Waals surface area contributed by atoms with Gasteiger partial charge < -0.3 is 15.3 Å². The summed E-state index contributed by atoms with van der Waals surface area (Å²) < 4.78 is 90.4. The molecule has 1 aliphatic rings. The maximum atomic E-state index is 15.9. The molecule has 0 fully saturated rings. The predicted octanol–water partition coefficient (Wildman–Crippen LogP) is 6.80. The Bertz CT molecular complexity index is 2570. The molecule has 12 nitrogen and oxygen atoms in total. The smallest absolute Gasteiger partial charge is 0.289 e. The summed E-state index contributed by atoms with van der Waals surface area (Å²) in [4.78, 5) is 20.7. The number of fused-ring (bicyclic) bond motifs is 2. The topological polar surface area (TPSA) is 147 Å². The third-order valence-corrected chi connectivity index (χ3v) is 10.5. The molecule has 0 spiro atoms. The summed E-state index contributed by atoms with van der Waals surface area (Å²) in [5.74, 6) is -0.238. The Morgan fingerprint density at radius 3 is 2.43 bits per heavy atom. The van der Waals surface area contributed by atoms with Crippen molar-refractivity contribution in [3.63, 3.8) is 0 Å². The van der Waals surface area contributed by atoms with E-state index in [9.17, 15) is 27.1 Å². The standard InChI is InChI=1S/C40H43ClF4N8O4S/c1-22-9-8-15-40(44,45)36-32(22)38(51(4)5)49-53(36)21-31(54)47-30(19-23-17-24(42)20-25(43)18-23)34-27(11-10-26(46-34)14-16-39(2,3)55)28-12-13-29(41)33-35(28)52(6)48-37(33)50-58(7,56)57/h10-13,17-18,20,22,30,55H,8-9,15,19,21H2,1-7H3,(H,47,54)(H,48,50)/t22-,30-/m0/s1. The maximum Gasteiger partial charge on any atom is 0.289 e. The number of anilines is 2. The van der Waals surface area contributed by atoms with Crippen LogP contribution < -0.4 is 14.9 Å². The van der Waals surface area contributed by atoms with Crippen LogP contribution in [0.2, 0.25) is 5.02 Å². The Morgan fingerprint density at radius 2 is 1.79 bits per heavy atom. The molecule has 3 aromatic heterocycles. The molecule has 58 heavy (non-hydrogen) atoms. The zero-order valence-corrected chi connectivity index (χ0v) is 34.5. The molecule has 6 rings (SSSR count). The summed E-state index contributed by atoms with van der Waals surface area (Å²) in [6, 6.07) is 8.09. The third kappa shape index (κ3) is 9.24. The third-order valence-electron chi connectivity index (χ3n) is 9.61. The normalized spacial score (nSPS) is 15.9. The Balaban J connectivity index is 1.55. The van der Waals surface area contributed by atoms with E-state index in [-0.39, 0.29) is 57.6 Å². The fraction of sp³-hybridized carbons (Fsp3) is 0.400. The molecule has 2 aromatic carbocycles. The highest BCUT2D eigenvalue weighted by Crippen LogP contribution is 2.46. The molecule has 308 valence electrons. The van der Waals surface area contributed by atoms with Crippen molar-refractivity contribution in [1.29, 1.82) is 0 Å². The molecule has 2 atom stereocenters. The Labute approximate surface area is 338 Å². The van der Waals surface area contributed by atoms with Crippen molar-refractivity contribution >= 4 is 50.1 Å². The first-order chi connectivity index (χ1) is 27.0. The van der Waals surface area contributed by atoms with E-state index in [2.05, 4.69) is 32.1 Å². The van der Waals surface area contributed by atoms with Crippen LogP contribution in [-0.4, -0.2) is 69.9 Å². The van der Waals surface area contributed by atoms with Crippen LogP contribution in [0.1, 0.15) is 80.2 Å². The Kier molecular flexibility index (Phi) is 11.6. The molecular weight excluding hydrogens is 800 g/mol. The zero-order valence-electron chi connectivity index (χ0n) is 32.9. The Morgan fingerprint density at radius 1 is 1.12 bits per heavy atom. The van der Waals surface area contributed by atoms with E-state index in [0.717, 1.165) is 23.1 Å². The number of benzene rings is 2.